The zero-order chi connectivity index (χ0) is 28.9. The number of nitro benzene ring substituents is 1. The molecular weight excluding hydrogens is 522 g/mol. The predicted molar refractivity (Wildman–Crippen MR) is 161 cm³/mol. The first-order valence-electron chi connectivity index (χ1n) is 13.9. The van der Waals surface area contributed by atoms with Crippen LogP contribution in [0.5, 0.6) is 11.5 Å². The van der Waals surface area contributed by atoms with Gasteiger partial charge in [-0.2, -0.15) is 0 Å². The fourth-order valence-electron chi connectivity index (χ4n) is 5.46. The topological polar surface area (TPSA) is 112 Å². The Hall–Kier alpha value is -4.44. The van der Waals surface area contributed by atoms with E-state index in [0.717, 1.165) is 37.0 Å². The monoisotopic (exact) mass is 557 g/mol. The third-order valence-corrected chi connectivity index (χ3v) is 7.65. The summed E-state index contributed by atoms with van der Waals surface area (Å²) in [5, 5.41) is 15.6. The van der Waals surface area contributed by atoms with Crippen LogP contribution in [0.2, 0.25) is 0 Å². The van der Waals surface area contributed by atoms with Crippen LogP contribution in [-0.4, -0.2) is 53.2 Å². The number of aromatic nitrogens is 2. The van der Waals surface area contributed by atoms with E-state index in [1.165, 1.54) is 25.3 Å². The highest BCUT2D eigenvalue weighted by atomic mass is 16.6. The summed E-state index contributed by atoms with van der Waals surface area (Å²) in [7, 11) is 3.16. The van der Waals surface area contributed by atoms with Crippen LogP contribution in [0.3, 0.4) is 0 Å². The van der Waals surface area contributed by atoms with Crippen molar-refractivity contribution in [1.29, 1.82) is 0 Å². The summed E-state index contributed by atoms with van der Waals surface area (Å²) in [6.07, 6.45) is 6.20. The van der Waals surface area contributed by atoms with Crippen LogP contribution in [0.25, 0.3) is 22.0 Å². The van der Waals surface area contributed by atoms with Crippen molar-refractivity contribution in [2.45, 2.75) is 39.2 Å². The number of nitrogens with zero attached hydrogens (tertiary/aromatic N) is 4. The van der Waals surface area contributed by atoms with Gasteiger partial charge in [-0.25, -0.2) is 4.98 Å². The summed E-state index contributed by atoms with van der Waals surface area (Å²) >= 11 is 0. The maximum atomic E-state index is 14.1. The maximum Gasteiger partial charge on any atom is 0.292 e. The van der Waals surface area contributed by atoms with Gasteiger partial charge in [0, 0.05) is 41.9 Å². The number of methoxy groups -OCH3 is 2. The Labute approximate surface area is 238 Å². The van der Waals surface area contributed by atoms with Crippen molar-refractivity contribution in [2.24, 2.45) is 0 Å². The molecule has 1 saturated heterocycles. The molecule has 0 aliphatic carbocycles. The first kappa shape index (κ1) is 28.1. The SMILES string of the molecule is COc1cc(OC)cc(-c2cc3cnc(Nc4c(C)cccc4[N+](=O)[O-])cc3n(CCCN3CCCCC3)c2=O)c1. The lowest BCUT2D eigenvalue weighted by molar-refractivity contribution is -0.384. The molecule has 1 N–H and O–H groups in total. The van der Waals surface area contributed by atoms with Crippen LogP contribution in [-0.2, 0) is 6.54 Å². The van der Waals surface area contributed by atoms with E-state index in [9.17, 15) is 14.9 Å². The second-order valence-electron chi connectivity index (χ2n) is 10.4. The Kier molecular flexibility index (Phi) is 8.49. The Morgan fingerprint density at radius 3 is 2.41 bits per heavy atom. The molecule has 0 unspecified atom stereocenters. The summed E-state index contributed by atoms with van der Waals surface area (Å²) in [5.74, 6) is 1.61. The van der Waals surface area contributed by atoms with Crippen molar-refractivity contribution >= 4 is 28.1 Å². The first-order valence-corrected chi connectivity index (χ1v) is 13.9. The number of aryl methyl sites for hydroxylation is 2. The van der Waals surface area contributed by atoms with Gasteiger partial charge in [-0.3, -0.25) is 14.9 Å². The van der Waals surface area contributed by atoms with Gasteiger partial charge in [0.15, 0.2) is 0 Å². The van der Waals surface area contributed by atoms with Gasteiger partial charge >= 0.3 is 0 Å². The third kappa shape index (κ3) is 6.17. The number of likely N-dealkylation sites (tertiary alicyclic amines) is 1. The number of rotatable bonds is 10. The highest BCUT2D eigenvalue weighted by molar-refractivity contribution is 5.86. The second kappa shape index (κ2) is 12.4. The number of hydrogen-bond donors (Lipinski definition) is 1. The van der Waals surface area contributed by atoms with Crippen LogP contribution in [0.4, 0.5) is 17.2 Å². The summed E-state index contributed by atoms with van der Waals surface area (Å²) in [5.41, 5.74) is 2.85. The normalized spacial score (nSPS) is 13.7. The van der Waals surface area contributed by atoms with E-state index in [1.807, 2.05) is 31.2 Å². The number of fused-ring (bicyclic) bond motifs is 1. The highest BCUT2D eigenvalue weighted by Crippen LogP contribution is 2.33. The van der Waals surface area contributed by atoms with Gasteiger partial charge in [-0.1, -0.05) is 18.6 Å². The largest absolute Gasteiger partial charge is 0.497 e. The molecule has 0 atom stereocenters. The van der Waals surface area contributed by atoms with E-state index in [-0.39, 0.29) is 11.2 Å². The number of ether oxygens (including phenoxy) is 2. The molecule has 10 heteroatoms. The lowest BCUT2D eigenvalue weighted by atomic mass is 10.0. The molecule has 214 valence electrons. The molecule has 2 aromatic carbocycles. The molecule has 0 saturated carbocycles. The van der Waals surface area contributed by atoms with Crippen molar-refractivity contribution in [3.05, 3.63) is 80.8 Å². The fourth-order valence-corrected chi connectivity index (χ4v) is 5.46. The molecule has 0 spiro atoms. The Morgan fingerprint density at radius 1 is 1.00 bits per heavy atom. The highest BCUT2D eigenvalue weighted by Gasteiger charge is 2.19. The summed E-state index contributed by atoms with van der Waals surface area (Å²) in [4.78, 5) is 32.3. The van der Waals surface area contributed by atoms with Crippen LogP contribution >= 0.6 is 0 Å². The van der Waals surface area contributed by atoms with Gasteiger partial charge in [0.1, 0.15) is 23.0 Å². The summed E-state index contributed by atoms with van der Waals surface area (Å²) in [6.45, 7) is 5.42. The lowest BCUT2D eigenvalue weighted by Crippen LogP contribution is -2.32. The molecule has 4 aromatic rings. The quantitative estimate of drug-likeness (QED) is 0.189. The van der Waals surface area contributed by atoms with Crippen LogP contribution in [0.1, 0.15) is 31.2 Å². The van der Waals surface area contributed by atoms with Crippen LogP contribution < -0.4 is 20.3 Å². The predicted octanol–water partition coefficient (Wildman–Crippen LogP) is 5.92. The van der Waals surface area contributed by atoms with Crippen molar-refractivity contribution in [3.8, 4) is 22.6 Å². The van der Waals surface area contributed by atoms with Crippen molar-refractivity contribution < 1.29 is 14.4 Å². The first-order chi connectivity index (χ1) is 19.9. The van der Waals surface area contributed by atoms with Crippen LogP contribution in [0, 0.1) is 17.0 Å². The Morgan fingerprint density at radius 2 is 1.73 bits per heavy atom. The summed E-state index contributed by atoms with van der Waals surface area (Å²) in [6, 6.07) is 14.0. The fraction of sp³-hybridized carbons (Fsp3) is 0.355. The standard InChI is InChI=1S/C31H35N5O5/c1-21-9-7-10-27(36(38)39)30(21)33-29-19-28-23(20-32-29)17-26(22-15-24(40-2)18-25(16-22)41-3)31(37)35(28)14-8-13-34-11-5-4-6-12-34/h7,9-10,15-20H,4-6,8,11-14H2,1-3H3,(H,32,33). The van der Waals surface area contributed by atoms with Gasteiger partial charge < -0.3 is 24.3 Å². The molecule has 3 heterocycles. The van der Waals surface area contributed by atoms with Crippen molar-refractivity contribution in [1.82, 2.24) is 14.5 Å². The number of piperidine rings is 1. The number of nitro groups is 1. The molecule has 1 aliphatic heterocycles. The average molecular weight is 558 g/mol. The minimum absolute atomic E-state index is 0.0341. The zero-order valence-electron chi connectivity index (χ0n) is 23.7. The van der Waals surface area contributed by atoms with Gasteiger partial charge in [0.25, 0.3) is 11.2 Å². The minimum Gasteiger partial charge on any atom is -0.497 e. The van der Waals surface area contributed by atoms with Crippen molar-refractivity contribution in [3.63, 3.8) is 0 Å². The molecule has 1 aliphatic rings. The number of nitrogens with one attached hydrogen (secondary N) is 1. The second-order valence-corrected chi connectivity index (χ2v) is 10.4. The molecule has 10 nitrogen and oxygen atoms in total. The van der Waals surface area contributed by atoms with Gasteiger partial charge in [0.2, 0.25) is 0 Å². The third-order valence-electron chi connectivity index (χ3n) is 7.65. The number of benzene rings is 2. The number of hydrogen-bond acceptors (Lipinski definition) is 8. The van der Waals surface area contributed by atoms with E-state index in [2.05, 4.69) is 15.2 Å². The molecule has 2 aromatic heterocycles. The average Bonchev–Trinajstić information content (AvgIpc) is 2.99. The van der Waals surface area contributed by atoms with E-state index in [1.54, 1.807) is 43.2 Å². The van der Waals surface area contributed by atoms with E-state index < -0.39 is 4.92 Å². The van der Waals surface area contributed by atoms with Gasteiger partial charge in [-0.15, -0.1) is 0 Å². The number of anilines is 2. The molecule has 0 bridgehead atoms. The van der Waals surface area contributed by atoms with Crippen LogP contribution in [0.15, 0.2) is 59.5 Å². The number of pyridine rings is 2. The smallest absolute Gasteiger partial charge is 0.292 e. The van der Waals surface area contributed by atoms with E-state index in [4.69, 9.17) is 9.47 Å². The van der Waals surface area contributed by atoms with Gasteiger partial charge in [-0.05, 0) is 75.1 Å². The number of para-hydroxylation sites is 1. The van der Waals surface area contributed by atoms with Crippen molar-refractivity contribution in [2.75, 3.05) is 39.2 Å². The zero-order valence-corrected chi connectivity index (χ0v) is 23.7. The molecule has 5 rings (SSSR count). The Balaban J connectivity index is 1.58. The molecule has 1 fully saturated rings. The minimum atomic E-state index is -0.415. The molecule has 0 amide bonds. The Bertz CT molecular complexity index is 1610. The van der Waals surface area contributed by atoms with Gasteiger partial charge in [0.05, 0.1) is 24.7 Å². The molecular formula is C31H35N5O5. The summed E-state index contributed by atoms with van der Waals surface area (Å²) < 4.78 is 12.7. The van der Waals surface area contributed by atoms with E-state index >= 15 is 0 Å². The maximum absolute atomic E-state index is 14.1. The molecule has 0 radical (unpaired) electrons. The van der Waals surface area contributed by atoms with E-state index in [0.29, 0.717) is 46.2 Å². The lowest BCUT2D eigenvalue weighted by Gasteiger charge is -2.26. The molecule has 41 heavy (non-hydrogen) atoms.